The van der Waals surface area contributed by atoms with Crippen LogP contribution in [0.15, 0.2) is 35.7 Å². The molecule has 1 nitrogen and oxygen atoms in total. The van der Waals surface area contributed by atoms with Gasteiger partial charge >= 0.3 is 0 Å². The fourth-order valence-electron chi connectivity index (χ4n) is 3.13. The van der Waals surface area contributed by atoms with Crippen molar-refractivity contribution in [2.45, 2.75) is 44.9 Å². The van der Waals surface area contributed by atoms with E-state index in [0.717, 1.165) is 25.7 Å². The minimum Gasteiger partial charge on any atom is -0.299 e. The van der Waals surface area contributed by atoms with E-state index in [-0.39, 0.29) is 5.92 Å². The van der Waals surface area contributed by atoms with Crippen LogP contribution in [0.25, 0.3) is 0 Å². The van der Waals surface area contributed by atoms with Crippen molar-refractivity contribution in [2.75, 3.05) is 0 Å². The number of ketones is 1. The molecule has 1 aromatic heterocycles. The quantitative estimate of drug-likeness (QED) is 0.797. The van der Waals surface area contributed by atoms with Crippen LogP contribution in [0.2, 0.25) is 0 Å². The normalized spacial score (nSPS) is 17.8. The van der Waals surface area contributed by atoms with Crippen molar-refractivity contribution < 1.29 is 4.79 Å². The zero-order valence-electron chi connectivity index (χ0n) is 11.9. The minimum atomic E-state index is 0.162. The fraction of sp³-hybridized carbons (Fsp3) is 0.389. The summed E-state index contributed by atoms with van der Waals surface area (Å²) in [4.78, 5) is 14.0. The highest BCUT2D eigenvalue weighted by Crippen LogP contribution is 2.36. The van der Waals surface area contributed by atoms with Gasteiger partial charge in [-0.3, -0.25) is 4.79 Å². The van der Waals surface area contributed by atoms with Crippen LogP contribution in [0.5, 0.6) is 0 Å². The molecule has 0 amide bonds. The fourth-order valence-corrected chi connectivity index (χ4v) is 4.12. The third kappa shape index (κ3) is 2.85. The Morgan fingerprint density at radius 1 is 1.35 bits per heavy atom. The Kier molecular flexibility index (Phi) is 4.02. The van der Waals surface area contributed by atoms with Crippen molar-refractivity contribution in [1.82, 2.24) is 0 Å². The molecule has 0 fully saturated rings. The van der Waals surface area contributed by atoms with Gasteiger partial charge in [0.25, 0.3) is 0 Å². The van der Waals surface area contributed by atoms with E-state index in [4.69, 9.17) is 0 Å². The van der Waals surface area contributed by atoms with Gasteiger partial charge in [-0.25, -0.2) is 0 Å². The van der Waals surface area contributed by atoms with Crippen LogP contribution in [0.4, 0.5) is 0 Å². The summed E-state index contributed by atoms with van der Waals surface area (Å²) in [6, 6.07) is 10.6. The molecule has 1 unspecified atom stereocenters. The molecule has 1 aliphatic carbocycles. The molecular weight excluding hydrogens is 264 g/mol. The molecule has 0 spiro atoms. The van der Waals surface area contributed by atoms with E-state index in [2.05, 4.69) is 42.6 Å². The minimum absolute atomic E-state index is 0.162. The first kappa shape index (κ1) is 13.6. The average molecular weight is 284 g/mol. The maximum absolute atomic E-state index is 12.5. The van der Waals surface area contributed by atoms with E-state index in [1.807, 2.05) is 11.3 Å². The van der Waals surface area contributed by atoms with E-state index in [1.54, 1.807) is 0 Å². The lowest BCUT2D eigenvalue weighted by Gasteiger charge is -2.21. The highest BCUT2D eigenvalue weighted by molar-refractivity contribution is 7.10. The van der Waals surface area contributed by atoms with Gasteiger partial charge in [0.15, 0.2) is 0 Å². The number of fused-ring (bicyclic) bond motifs is 1. The van der Waals surface area contributed by atoms with E-state index in [0.29, 0.717) is 12.2 Å². The Balaban J connectivity index is 1.66. The van der Waals surface area contributed by atoms with E-state index < -0.39 is 0 Å². The molecule has 104 valence electrons. The number of aryl methyl sites for hydroxylation is 3. The van der Waals surface area contributed by atoms with Gasteiger partial charge in [-0.05, 0) is 55.2 Å². The summed E-state index contributed by atoms with van der Waals surface area (Å²) >= 11 is 1.81. The molecule has 1 atom stereocenters. The standard InChI is InChI=1S/C18H20OS/c1-13-4-2-5-14(12-13)8-9-17(19)15-6-3-7-18-16(15)10-11-20-18/h2,4-5,10-12,15H,3,6-9H2,1H3. The molecule has 2 heteroatoms. The lowest BCUT2D eigenvalue weighted by Crippen LogP contribution is -2.17. The third-order valence-electron chi connectivity index (χ3n) is 4.18. The SMILES string of the molecule is Cc1cccc(CCC(=O)C2CCCc3sccc32)c1. The third-order valence-corrected chi connectivity index (χ3v) is 5.18. The zero-order valence-corrected chi connectivity index (χ0v) is 12.7. The van der Waals surface area contributed by atoms with Crippen molar-refractivity contribution in [2.24, 2.45) is 0 Å². The maximum atomic E-state index is 12.5. The van der Waals surface area contributed by atoms with Crippen LogP contribution in [-0.2, 0) is 17.6 Å². The molecule has 1 aliphatic rings. The molecule has 1 heterocycles. The highest BCUT2D eigenvalue weighted by atomic mass is 32.1. The number of carbonyl (C=O) groups excluding carboxylic acids is 1. The first-order valence-electron chi connectivity index (χ1n) is 7.38. The molecule has 0 saturated carbocycles. The van der Waals surface area contributed by atoms with Crippen molar-refractivity contribution in [3.05, 3.63) is 57.3 Å². The zero-order chi connectivity index (χ0) is 13.9. The predicted octanol–water partition coefficient (Wildman–Crippen LogP) is 4.68. The van der Waals surface area contributed by atoms with Gasteiger partial charge in [0.1, 0.15) is 5.78 Å². The van der Waals surface area contributed by atoms with Gasteiger partial charge < -0.3 is 0 Å². The molecule has 20 heavy (non-hydrogen) atoms. The summed E-state index contributed by atoms with van der Waals surface area (Å²) in [6.07, 6.45) is 4.90. The second kappa shape index (κ2) is 5.92. The van der Waals surface area contributed by atoms with Crippen molar-refractivity contribution in [3.8, 4) is 0 Å². The second-order valence-corrected chi connectivity index (χ2v) is 6.70. The van der Waals surface area contributed by atoms with Crippen LogP contribution >= 0.6 is 11.3 Å². The van der Waals surface area contributed by atoms with Crippen LogP contribution in [0.3, 0.4) is 0 Å². The number of hydrogen-bond acceptors (Lipinski definition) is 2. The first-order valence-corrected chi connectivity index (χ1v) is 8.26. The molecule has 0 bridgehead atoms. The molecule has 0 saturated heterocycles. The summed E-state index contributed by atoms with van der Waals surface area (Å²) in [5.41, 5.74) is 3.86. The molecule has 0 radical (unpaired) electrons. The van der Waals surface area contributed by atoms with Gasteiger partial charge in [0.05, 0.1) is 0 Å². The number of carbonyl (C=O) groups is 1. The Morgan fingerprint density at radius 2 is 2.25 bits per heavy atom. The Hall–Kier alpha value is -1.41. The molecule has 3 rings (SSSR count). The average Bonchev–Trinajstić information content (AvgIpc) is 2.93. The van der Waals surface area contributed by atoms with Crippen molar-refractivity contribution in [3.63, 3.8) is 0 Å². The number of benzene rings is 1. The molecule has 1 aromatic carbocycles. The van der Waals surface area contributed by atoms with E-state index >= 15 is 0 Å². The largest absolute Gasteiger partial charge is 0.299 e. The number of rotatable bonds is 4. The van der Waals surface area contributed by atoms with Crippen molar-refractivity contribution in [1.29, 1.82) is 0 Å². The summed E-state index contributed by atoms with van der Waals surface area (Å²) in [7, 11) is 0. The van der Waals surface area contributed by atoms with Crippen LogP contribution in [-0.4, -0.2) is 5.78 Å². The lowest BCUT2D eigenvalue weighted by molar-refractivity contribution is -0.120. The summed E-state index contributed by atoms with van der Waals surface area (Å²) < 4.78 is 0. The summed E-state index contributed by atoms with van der Waals surface area (Å²) in [5.74, 6) is 0.584. The van der Waals surface area contributed by atoms with E-state index in [9.17, 15) is 4.79 Å². The Morgan fingerprint density at radius 3 is 3.10 bits per heavy atom. The smallest absolute Gasteiger partial charge is 0.140 e. The molecular formula is C18H20OS. The summed E-state index contributed by atoms with van der Waals surface area (Å²) in [5, 5.41) is 2.14. The Labute approximate surface area is 124 Å². The van der Waals surface area contributed by atoms with Crippen LogP contribution < -0.4 is 0 Å². The van der Waals surface area contributed by atoms with Gasteiger partial charge in [0.2, 0.25) is 0 Å². The second-order valence-electron chi connectivity index (χ2n) is 5.70. The number of Topliss-reactive ketones (excluding diaryl/α,β-unsaturated/α-hetero) is 1. The molecule has 0 aliphatic heterocycles. The van der Waals surface area contributed by atoms with Crippen molar-refractivity contribution >= 4 is 17.1 Å². The maximum Gasteiger partial charge on any atom is 0.140 e. The number of hydrogen-bond donors (Lipinski definition) is 0. The van der Waals surface area contributed by atoms with E-state index in [1.165, 1.54) is 21.6 Å². The predicted molar refractivity (Wildman–Crippen MR) is 84.5 cm³/mol. The van der Waals surface area contributed by atoms with Gasteiger partial charge in [-0.15, -0.1) is 11.3 Å². The summed E-state index contributed by atoms with van der Waals surface area (Å²) in [6.45, 7) is 2.10. The lowest BCUT2D eigenvalue weighted by atomic mass is 9.83. The molecule has 0 N–H and O–H groups in total. The van der Waals surface area contributed by atoms with Crippen LogP contribution in [0.1, 0.15) is 46.7 Å². The van der Waals surface area contributed by atoms with Crippen LogP contribution in [0, 0.1) is 6.92 Å². The monoisotopic (exact) mass is 284 g/mol. The highest BCUT2D eigenvalue weighted by Gasteiger charge is 2.26. The topological polar surface area (TPSA) is 17.1 Å². The van der Waals surface area contributed by atoms with Gasteiger partial charge in [-0.2, -0.15) is 0 Å². The molecule has 2 aromatic rings. The Bertz CT molecular complexity index is 611. The van der Waals surface area contributed by atoms with Gasteiger partial charge in [0, 0.05) is 17.2 Å². The number of thiophene rings is 1. The first-order chi connectivity index (χ1) is 9.74. The van der Waals surface area contributed by atoms with Gasteiger partial charge in [-0.1, -0.05) is 29.8 Å².